The van der Waals surface area contributed by atoms with Gasteiger partial charge in [-0.1, -0.05) is 32.1 Å². The Morgan fingerprint density at radius 2 is 1.85 bits per heavy atom. The van der Waals surface area contributed by atoms with Gasteiger partial charge in [0.05, 0.1) is 0 Å². The molecule has 2 heterocycles. The maximum absolute atomic E-state index is 5.94. The van der Waals surface area contributed by atoms with Crippen molar-refractivity contribution in [3.05, 3.63) is 5.82 Å². The number of aryl methyl sites for hydroxylation is 1. The van der Waals surface area contributed by atoms with Crippen molar-refractivity contribution in [3.63, 3.8) is 0 Å². The van der Waals surface area contributed by atoms with Gasteiger partial charge in [-0.2, -0.15) is 4.98 Å². The van der Waals surface area contributed by atoms with Crippen LogP contribution in [-0.4, -0.2) is 34.3 Å². The van der Waals surface area contributed by atoms with Crippen molar-refractivity contribution in [2.24, 2.45) is 11.7 Å². The Bertz CT molecular complexity index is 402. The summed E-state index contributed by atoms with van der Waals surface area (Å²) >= 11 is 0. The summed E-state index contributed by atoms with van der Waals surface area (Å²) in [4.78, 5) is 6.92. The fourth-order valence-electron chi connectivity index (χ4n) is 3.45. The molecule has 0 bridgehead atoms. The molecule has 0 unspecified atom stereocenters. The fourth-order valence-corrected chi connectivity index (χ4v) is 3.45. The summed E-state index contributed by atoms with van der Waals surface area (Å²) in [6, 6.07) is 0.357. The van der Waals surface area contributed by atoms with Gasteiger partial charge in [0.25, 0.3) is 0 Å². The molecule has 20 heavy (non-hydrogen) atoms. The normalized spacial score (nSPS) is 22.4. The highest BCUT2D eigenvalue weighted by Gasteiger charge is 2.20. The maximum atomic E-state index is 5.94. The first-order chi connectivity index (χ1) is 9.81. The molecule has 1 saturated heterocycles. The summed E-state index contributed by atoms with van der Waals surface area (Å²) in [5, 5.41) is 7.50. The van der Waals surface area contributed by atoms with Crippen molar-refractivity contribution in [2.75, 3.05) is 18.0 Å². The Labute approximate surface area is 121 Å². The van der Waals surface area contributed by atoms with E-state index in [9.17, 15) is 0 Å². The van der Waals surface area contributed by atoms with Gasteiger partial charge in [-0.25, -0.2) is 0 Å². The summed E-state index contributed by atoms with van der Waals surface area (Å²) in [7, 11) is 0. The minimum Gasteiger partial charge on any atom is -0.339 e. The summed E-state index contributed by atoms with van der Waals surface area (Å²) in [5.41, 5.74) is 5.94. The first-order valence-electron chi connectivity index (χ1n) is 8.23. The van der Waals surface area contributed by atoms with E-state index in [0.717, 1.165) is 50.0 Å². The van der Waals surface area contributed by atoms with Crippen molar-refractivity contribution in [1.29, 1.82) is 0 Å². The molecule has 0 amide bonds. The van der Waals surface area contributed by atoms with Gasteiger partial charge in [0.2, 0.25) is 5.95 Å². The molecule has 2 aliphatic rings. The van der Waals surface area contributed by atoms with Crippen LogP contribution in [0.3, 0.4) is 0 Å². The monoisotopic (exact) mass is 277 g/mol. The lowest BCUT2D eigenvalue weighted by atomic mass is 9.86. The molecule has 1 aromatic heterocycles. The molecular weight excluding hydrogens is 250 g/mol. The van der Waals surface area contributed by atoms with Gasteiger partial charge in [-0.3, -0.25) is 5.10 Å². The van der Waals surface area contributed by atoms with Gasteiger partial charge in [0.15, 0.2) is 0 Å². The van der Waals surface area contributed by atoms with Crippen LogP contribution in [0.2, 0.25) is 0 Å². The molecule has 1 saturated carbocycles. The molecular formula is C15H27N5. The van der Waals surface area contributed by atoms with E-state index in [-0.39, 0.29) is 0 Å². The van der Waals surface area contributed by atoms with Gasteiger partial charge in [0.1, 0.15) is 5.82 Å². The Kier molecular flexibility index (Phi) is 4.55. The van der Waals surface area contributed by atoms with E-state index in [1.54, 1.807) is 0 Å². The van der Waals surface area contributed by atoms with Crippen molar-refractivity contribution in [2.45, 2.75) is 63.8 Å². The number of anilines is 1. The van der Waals surface area contributed by atoms with E-state index < -0.39 is 0 Å². The highest BCUT2D eigenvalue weighted by atomic mass is 15.4. The molecule has 0 atom stereocenters. The quantitative estimate of drug-likeness (QED) is 0.885. The zero-order valence-electron chi connectivity index (χ0n) is 12.4. The van der Waals surface area contributed by atoms with E-state index in [4.69, 9.17) is 5.73 Å². The van der Waals surface area contributed by atoms with Crippen LogP contribution < -0.4 is 10.6 Å². The molecule has 0 aromatic carbocycles. The smallest absolute Gasteiger partial charge is 0.244 e. The average Bonchev–Trinajstić information content (AvgIpc) is 2.96. The second-order valence-electron chi connectivity index (χ2n) is 6.45. The summed E-state index contributed by atoms with van der Waals surface area (Å²) in [6.07, 6.45) is 11.5. The number of nitrogens with zero attached hydrogens (tertiary/aromatic N) is 3. The molecule has 112 valence electrons. The van der Waals surface area contributed by atoms with Gasteiger partial charge >= 0.3 is 0 Å². The SMILES string of the molecule is NC1CCN(c2n[nH]c(CCC3CCCCC3)n2)CC1. The van der Waals surface area contributed by atoms with E-state index in [1.165, 1.54) is 38.5 Å². The first-order valence-corrected chi connectivity index (χ1v) is 8.23. The highest BCUT2D eigenvalue weighted by Crippen LogP contribution is 2.27. The Morgan fingerprint density at radius 3 is 2.60 bits per heavy atom. The third kappa shape index (κ3) is 3.51. The minimum atomic E-state index is 0.357. The molecule has 3 N–H and O–H groups in total. The number of rotatable bonds is 4. The molecule has 0 radical (unpaired) electrons. The molecule has 1 aromatic rings. The second kappa shape index (κ2) is 6.57. The van der Waals surface area contributed by atoms with Crippen LogP contribution in [0.4, 0.5) is 5.95 Å². The highest BCUT2D eigenvalue weighted by molar-refractivity contribution is 5.29. The van der Waals surface area contributed by atoms with Gasteiger partial charge in [-0.15, -0.1) is 5.10 Å². The number of piperidine rings is 1. The van der Waals surface area contributed by atoms with Crippen molar-refractivity contribution in [3.8, 4) is 0 Å². The van der Waals surface area contributed by atoms with E-state index in [1.807, 2.05) is 0 Å². The van der Waals surface area contributed by atoms with Crippen LogP contribution in [-0.2, 0) is 6.42 Å². The van der Waals surface area contributed by atoms with Crippen molar-refractivity contribution >= 4 is 5.95 Å². The Balaban J connectivity index is 1.49. The fraction of sp³-hybridized carbons (Fsp3) is 0.867. The standard InChI is InChI=1S/C15H27N5/c16-13-8-10-20(11-9-13)15-17-14(18-19-15)7-6-12-4-2-1-3-5-12/h12-13H,1-11,16H2,(H,17,18,19). The Hall–Kier alpha value is -1.10. The van der Waals surface area contributed by atoms with E-state index >= 15 is 0 Å². The molecule has 1 aliphatic carbocycles. The summed E-state index contributed by atoms with van der Waals surface area (Å²) in [5.74, 6) is 2.83. The minimum absolute atomic E-state index is 0.357. The third-order valence-electron chi connectivity index (χ3n) is 4.86. The van der Waals surface area contributed by atoms with Crippen LogP contribution >= 0.6 is 0 Å². The first kappa shape index (κ1) is 13.9. The molecule has 3 rings (SSSR count). The number of aromatic amines is 1. The van der Waals surface area contributed by atoms with Crippen molar-refractivity contribution < 1.29 is 0 Å². The van der Waals surface area contributed by atoms with E-state index in [2.05, 4.69) is 20.1 Å². The van der Waals surface area contributed by atoms with Gasteiger partial charge in [0, 0.05) is 25.6 Å². The van der Waals surface area contributed by atoms with Crippen LogP contribution in [0.15, 0.2) is 0 Å². The molecule has 1 aliphatic heterocycles. The predicted octanol–water partition coefficient (Wildman–Crippen LogP) is 2.25. The molecule has 5 nitrogen and oxygen atoms in total. The lowest BCUT2D eigenvalue weighted by Crippen LogP contribution is -2.40. The molecule has 2 fully saturated rings. The number of hydrogen-bond acceptors (Lipinski definition) is 4. The van der Waals surface area contributed by atoms with Crippen LogP contribution in [0.1, 0.15) is 57.2 Å². The number of nitrogens with one attached hydrogen (secondary N) is 1. The van der Waals surface area contributed by atoms with E-state index in [0.29, 0.717) is 6.04 Å². The second-order valence-corrected chi connectivity index (χ2v) is 6.45. The van der Waals surface area contributed by atoms with Gasteiger partial charge in [-0.05, 0) is 25.2 Å². The Morgan fingerprint density at radius 1 is 1.10 bits per heavy atom. The molecule has 0 spiro atoms. The van der Waals surface area contributed by atoms with Crippen LogP contribution in [0.5, 0.6) is 0 Å². The lowest BCUT2D eigenvalue weighted by molar-refractivity contribution is 0.337. The topological polar surface area (TPSA) is 70.8 Å². The zero-order chi connectivity index (χ0) is 13.8. The average molecular weight is 277 g/mol. The summed E-state index contributed by atoms with van der Waals surface area (Å²) < 4.78 is 0. The van der Waals surface area contributed by atoms with Crippen molar-refractivity contribution in [1.82, 2.24) is 15.2 Å². The largest absolute Gasteiger partial charge is 0.339 e. The number of hydrogen-bond donors (Lipinski definition) is 2. The van der Waals surface area contributed by atoms with Crippen LogP contribution in [0, 0.1) is 5.92 Å². The molecule has 5 heteroatoms. The number of nitrogens with two attached hydrogens (primary N) is 1. The number of H-pyrrole nitrogens is 1. The maximum Gasteiger partial charge on any atom is 0.244 e. The zero-order valence-corrected chi connectivity index (χ0v) is 12.4. The van der Waals surface area contributed by atoms with Gasteiger partial charge < -0.3 is 10.6 Å². The van der Waals surface area contributed by atoms with Crippen LogP contribution in [0.25, 0.3) is 0 Å². The third-order valence-corrected chi connectivity index (χ3v) is 4.86. The number of aromatic nitrogens is 3. The summed E-state index contributed by atoms with van der Waals surface area (Å²) in [6.45, 7) is 1.97. The predicted molar refractivity (Wildman–Crippen MR) is 80.7 cm³/mol. The lowest BCUT2D eigenvalue weighted by Gasteiger charge is -2.28.